The summed E-state index contributed by atoms with van der Waals surface area (Å²) in [5.41, 5.74) is 17.2. The molecule has 0 aliphatic heterocycles. The lowest BCUT2D eigenvalue weighted by Gasteiger charge is -2.27. The van der Waals surface area contributed by atoms with Gasteiger partial charge in [0.15, 0.2) is 5.58 Å². The minimum atomic E-state index is -0.166. The van der Waals surface area contributed by atoms with E-state index in [0.29, 0.717) is 0 Å². The van der Waals surface area contributed by atoms with E-state index in [2.05, 4.69) is 179 Å². The van der Waals surface area contributed by atoms with Crippen LogP contribution in [0.2, 0.25) is 0 Å². The van der Waals surface area contributed by atoms with E-state index in [1.165, 1.54) is 71.6 Å². The Balaban J connectivity index is 1.08. The van der Waals surface area contributed by atoms with Gasteiger partial charge in [0.1, 0.15) is 5.58 Å². The molecule has 0 bridgehead atoms. The van der Waals surface area contributed by atoms with Gasteiger partial charge in [0.25, 0.3) is 0 Å². The van der Waals surface area contributed by atoms with Gasteiger partial charge in [-0.3, -0.25) is 0 Å². The lowest BCUT2D eigenvalue weighted by atomic mass is 9.78. The fourth-order valence-electron chi connectivity index (χ4n) is 9.72. The Bertz CT molecular complexity index is 3010. The Labute approximate surface area is 309 Å². The highest BCUT2D eigenvalue weighted by Gasteiger charge is 2.42. The van der Waals surface area contributed by atoms with Crippen LogP contribution in [0.25, 0.3) is 65.7 Å². The molecule has 2 heteroatoms. The second-order valence-corrected chi connectivity index (χ2v) is 16.3. The largest absolute Gasteiger partial charge is 0.454 e. The number of aryl methyl sites for hydroxylation is 1. The summed E-state index contributed by atoms with van der Waals surface area (Å²) < 4.78 is 6.59. The number of benzene rings is 8. The van der Waals surface area contributed by atoms with Gasteiger partial charge in [0.2, 0.25) is 0 Å². The van der Waals surface area contributed by atoms with Crippen LogP contribution in [-0.4, -0.2) is 0 Å². The van der Waals surface area contributed by atoms with Crippen molar-refractivity contribution in [2.24, 2.45) is 0 Å². The molecule has 0 atom stereocenters. The fourth-order valence-corrected chi connectivity index (χ4v) is 9.72. The van der Waals surface area contributed by atoms with E-state index in [4.69, 9.17) is 4.42 Å². The first kappa shape index (κ1) is 30.5. The molecule has 1 aromatic heterocycles. The first-order chi connectivity index (χ1) is 25.7. The van der Waals surface area contributed by atoms with Crippen LogP contribution < -0.4 is 4.90 Å². The SMILES string of the molecule is Cc1ccc(N(c2ccc3c4c(ccc3c2)-c2cc3c(cc2C4(C)C)-c2cc4ccccc4cc2C3(C)C)c2cccc3c2oc2ccccc23)cc1. The zero-order valence-electron chi connectivity index (χ0n) is 30.7. The maximum Gasteiger partial charge on any atom is 0.159 e. The fraction of sp³-hybridized carbons (Fsp3) is 0.137. The van der Waals surface area contributed by atoms with Crippen molar-refractivity contribution in [2.75, 3.05) is 4.90 Å². The van der Waals surface area contributed by atoms with E-state index in [0.717, 1.165) is 39.0 Å². The molecule has 0 fully saturated rings. The van der Waals surface area contributed by atoms with E-state index in [1.54, 1.807) is 0 Å². The average molecular weight is 682 g/mol. The van der Waals surface area contributed by atoms with Crippen LogP contribution >= 0.6 is 0 Å². The third-order valence-corrected chi connectivity index (χ3v) is 12.4. The molecule has 0 unspecified atom stereocenters. The zero-order chi connectivity index (χ0) is 35.8. The summed E-state index contributed by atoms with van der Waals surface area (Å²) >= 11 is 0. The van der Waals surface area contributed by atoms with E-state index in [1.807, 2.05) is 6.07 Å². The van der Waals surface area contributed by atoms with Crippen LogP contribution in [0.5, 0.6) is 0 Å². The van der Waals surface area contributed by atoms with Crippen LogP contribution in [0, 0.1) is 6.92 Å². The Morgan fingerprint density at radius 1 is 0.453 bits per heavy atom. The molecule has 9 aromatic rings. The van der Waals surface area contributed by atoms with Gasteiger partial charge >= 0.3 is 0 Å². The van der Waals surface area contributed by atoms with Gasteiger partial charge in [0.05, 0.1) is 5.69 Å². The van der Waals surface area contributed by atoms with Gasteiger partial charge < -0.3 is 9.32 Å². The molecule has 0 spiro atoms. The maximum atomic E-state index is 6.59. The summed E-state index contributed by atoms with van der Waals surface area (Å²) in [4.78, 5) is 2.35. The summed E-state index contributed by atoms with van der Waals surface area (Å²) in [5.74, 6) is 0. The van der Waals surface area contributed by atoms with Crippen LogP contribution in [0.1, 0.15) is 55.5 Å². The number of hydrogen-bond acceptors (Lipinski definition) is 2. The minimum absolute atomic E-state index is 0.0789. The second-order valence-electron chi connectivity index (χ2n) is 16.3. The number of fused-ring (bicyclic) bond motifs is 12. The number of rotatable bonds is 3. The smallest absolute Gasteiger partial charge is 0.159 e. The summed E-state index contributed by atoms with van der Waals surface area (Å²) in [5, 5.41) is 7.42. The van der Waals surface area contributed by atoms with Gasteiger partial charge in [-0.2, -0.15) is 0 Å². The number of furan rings is 1. The molecule has 0 saturated heterocycles. The quantitative estimate of drug-likeness (QED) is 0.185. The Hall–Kier alpha value is -6.12. The van der Waals surface area contributed by atoms with Gasteiger partial charge in [-0.25, -0.2) is 0 Å². The zero-order valence-corrected chi connectivity index (χ0v) is 30.7. The highest BCUT2D eigenvalue weighted by molar-refractivity contribution is 6.11. The number of hydrogen-bond donors (Lipinski definition) is 0. The van der Waals surface area contributed by atoms with E-state index in [-0.39, 0.29) is 10.8 Å². The highest BCUT2D eigenvalue weighted by atomic mass is 16.3. The molecule has 2 nitrogen and oxygen atoms in total. The third-order valence-electron chi connectivity index (χ3n) is 12.4. The van der Waals surface area contributed by atoms with Crippen LogP contribution in [-0.2, 0) is 10.8 Å². The molecule has 8 aromatic carbocycles. The van der Waals surface area contributed by atoms with E-state index in [9.17, 15) is 0 Å². The predicted molar refractivity (Wildman–Crippen MR) is 223 cm³/mol. The molecular weight excluding hydrogens is 643 g/mol. The van der Waals surface area contributed by atoms with E-state index >= 15 is 0 Å². The number of anilines is 3. The standard InChI is InChI=1S/C51H39NO/c1-30-17-20-34(21-18-30)52(46-15-10-14-39-37-13-8-9-16-47(37)53-49(39)46)35-22-24-36-33(25-35)19-23-38-41-28-44-42(29-45(41)51(4,5)48(36)38)40-26-31-11-6-7-12-32(31)27-43(40)50(44,2)3/h6-29H,1-5H3. The van der Waals surface area contributed by atoms with Crippen molar-refractivity contribution >= 4 is 60.5 Å². The molecule has 254 valence electrons. The van der Waals surface area contributed by atoms with Crippen LogP contribution in [0.4, 0.5) is 17.1 Å². The number of para-hydroxylation sites is 2. The van der Waals surface area contributed by atoms with Crippen molar-refractivity contribution in [3.05, 3.63) is 173 Å². The van der Waals surface area contributed by atoms with Crippen LogP contribution in [0.15, 0.2) is 150 Å². The Morgan fingerprint density at radius 3 is 1.91 bits per heavy atom. The average Bonchev–Trinajstić information content (AvgIpc) is 3.74. The summed E-state index contributed by atoms with van der Waals surface area (Å²) in [6.45, 7) is 11.8. The molecule has 11 rings (SSSR count). The predicted octanol–water partition coefficient (Wildman–Crippen LogP) is 14.3. The first-order valence-corrected chi connectivity index (χ1v) is 18.8. The van der Waals surface area contributed by atoms with E-state index < -0.39 is 0 Å². The van der Waals surface area contributed by atoms with Crippen LogP contribution in [0.3, 0.4) is 0 Å². The van der Waals surface area contributed by atoms with Crippen molar-refractivity contribution in [3.8, 4) is 22.3 Å². The summed E-state index contributed by atoms with van der Waals surface area (Å²) in [6, 6.07) is 54.0. The summed E-state index contributed by atoms with van der Waals surface area (Å²) in [7, 11) is 0. The Morgan fingerprint density at radius 2 is 1.09 bits per heavy atom. The molecule has 1 heterocycles. The van der Waals surface area contributed by atoms with Crippen molar-refractivity contribution in [3.63, 3.8) is 0 Å². The third kappa shape index (κ3) is 4.15. The molecule has 0 radical (unpaired) electrons. The molecule has 2 aliphatic carbocycles. The molecule has 0 N–H and O–H groups in total. The first-order valence-electron chi connectivity index (χ1n) is 18.8. The lowest BCUT2D eigenvalue weighted by molar-refractivity contribution is 0.655. The maximum absolute atomic E-state index is 6.59. The minimum Gasteiger partial charge on any atom is -0.454 e. The highest BCUT2D eigenvalue weighted by Crippen LogP contribution is 2.58. The van der Waals surface area contributed by atoms with Gasteiger partial charge in [0, 0.05) is 33.0 Å². The second kappa shape index (κ2) is 10.5. The molecule has 2 aliphatic rings. The normalized spacial score (nSPS) is 14.8. The van der Waals surface area contributed by atoms with Crippen molar-refractivity contribution in [1.82, 2.24) is 0 Å². The molecule has 0 amide bonds. The van der Waals surface area contributed by atoms with Crippen molar-refractivity contribution in [1.29, 1.82) is 0 Å². The van der Waals surface area contributed by atoms with Crippen molar-refractivity contribution < 1.29 is 4.42 Å². The molecule has 0 saturated carbocycles. The molecular formula is C51H39NO. The monoisotopic (exact) mass is 681 g/mol. The van der Waals surface area contributed by atoms with Crippen molar-refractivity contribution in [2.45, 2.75) is 45.4 Å². The number of nitrogens with zero attached hydrogens (tertiary/aromatic N) is 1. The topological polar surface area (TPSA) is 16.4 Å². The van der Waals surface area contributed by atoms with Gasteiger partial charge in [-0.05, 0) is 134 Å². The lowest BCUT2D eigenvalue weighted by Crippen LogP contribution is -2.17. The van der Waals surface area contributed by atoms with Gasteiger partial charge in [-0.1, -0.05) is 118 Å². The molecule has 53 heavy (non-hydrogen) atoms. The summed E-state index contributed by atoms with van der Waals surface area (Å²) in [6.07, 6.45) is 0. The van der Waals surface area contributed by atoms with Gasteiger partial charge in [-0.15, -0.1) is 0 Å². The Kier molecular flexibility index (Phi) is 6.03.